The monoisotopic (exact) mass is 410 g/mol. The van der Waals surface area contributed by atoms with Crippen LogP contribution >= 0.6 is 0 Å². The van der Waals surface area contributed by atoms with Crippen molar-refractivity contribution in [3.8, 4) is 11.5 Å². The van der Waals surface area contributed by atoms with Crippen molar-refractivity contribution in [2.75, 3.05) is 51.5 Å². The van der Waals surface area contributed by atoms with Gasteiger partial charge in [0.05, 0.1) is 29.2 Å². The van der Waals surface area contributed by atoms with Crippen molar-refractivity contribution in [3.63, 3.8) is 0 Å². The summed E-state index contributed by atoms with van der Waals surface area (Å²) in [5.41, 5.74) is 6.26. The van der Waals surface area contributed by atoms with Crippen molar-refractivity contribution >= 4 is 28.6 Å². The zero-order chi connectivity index (χ0) is 26.8. The van der Waals surface area contributed by atoms with Crippen LogP contribution in [-0.4, -0.2) is 62.8 Å². The second-order valence-corrected chi connectivity index (χ2v) is 6.81. The van der Waals surface area contributed by atoms with Gasteiger partial charge in [-0.25, -0.2) is 4.98 Å². The number of aromatic nitrogens is 2. The molecular formula is C20H29N5O4. The number of hydrogen-bond donors (Lipinski definition) is 2. The van der Waals surface area contributed by atoms with E-state index in [4.69, 9.17) is 29.5 Å². The molecule has 1 aliphatic rings. The second-order valence-electron chi connectivity index (χ2n) is 6.81. The molecule has 0 aliphatic carbocycles. The summed E-state index contributed by atoms with van der Waals surface area (Å²) in [6.45, 7) is 2.88. The molecule has 3 N–H and O–H groups in total. The molecule has 9 nitrogen and oxygen atoms in total. The lowest BCUT2D eigenvalue weighted by atomic mass is 10.1. The minimum atomic E-state index is -2.98. The van der Waals surface area contributed by atoms with E-state index >= 15 is 0 Å². The van der Waals surface area contributed by atoms with Crippen molar-refractivity contribution < 1.29 is 28.6 Å². The summed E-state index contributed by atoms with van der Waals surface area (Å²) in [5, 5.41) is 2.98. The number of aryl methyl sites for hydroxylation is 1. The maximum absolute atomic E-state index is 12.1. The summed E-state index contributed by atoms with van der Waals surface area (Å²) >= 11 is 0. The molecule has 1 aromatic carbocycles. The number of ether oxygens (including phenoxy) is 3. The minimum Gasteiger partial charge on any atom is -0.493 e. The highest BCUT2D eigenvalue weighted by atomic mass is 16.5. The molecule has 29 heavy (non-hydrogen) atoms. The van der Waals surface area contributed by atoms with Gasteiger partial charge in [0.15, 0.2) is 11.5 Å². The molecule has 1 aromatic heterocycles. The summed E-state index contributed by atoms with van der Waals surface area (Å²) in [5.74, 6) is -1.06. The van der Waals surface area contributed by atoms with Crippen LogP contribution in [0.4, 0.5) is 11.8 Å². The van der Waals surface area contributed by atoms with Crippen molar-refractivity contribution in [2.45, 2.75) is 32.3 Å². The number of fused-ring (bicyclic) bond motifs is 1. The number of amides is 1. The number of hydrogen-bond acceptors (Lipinski definition) is 8. The lowest BCUT2D eigenvalue weighted by Crippen LogP contribution is -2.36. The molecule has 3 rings (SSSR count). The molecule has 158 valence electrons. The van der Waals surface area contributed by atoms with Crippen LogP contribution in [0.3, 0.4) is 0 Å². The van der Waals surface area contributed by atoms with E-state index in [0.717, 1.165) is 6.42 Å². The molecule has 1 fully saturated rings. The summed E-state index contributed by atoms with van der Waals surface area (Å²) < 4.78 is 68.4. The number of nitrogens with zero attached hydrogens (tertiary/aromatic N) is 3. The lowest BCUT2D eigenvalue weighted by molar-refractivity contribution is -0.130. The molecule has 2 aromatic rings. The standard InChI is InChI=1S/C20H29N5O4/c1-12-16-13(11-15(27-3)17(12)28-4)23-20(24-18(16)21)25(2)9-6-8-22-19(26)14-7-5-10-29-14/h11,14H,5-10H2,1-4H3,(H,22,26)(H2,21,23,24)/i3D3,4D3,11D. The zero-order valence-electron chi connectivity index (χ0n) is 23.4. The number of anilines is 2. The quantitative estimate of drug-likeness (QED) is 0.632. The summed E-state index contributed by atoms with van der Waals surface area (Å²) in [7, 11) is -4.22. The van der Waals surface area contributed by atoms with Crippen LogP contribution in [0.15, 0.2) is 6.04 Å². The van der Waals surface area contributed by atoms with Crippen LogP contribution in [-0.2, 0) is 9.53 Å². The highest BCUT2D eigenvalue weighted by Gasteiger charge is 2.23. The Morgan fingerprint density at radius 1 is 1.48 bits per heavy atom. The fourth-order valence-corrected chi connectivity index (χ4v) is 3.27. The Labute approximate surface area is 180 Å². The van der Waals surface area contributed by atoms with E-state index in [9.17, 15) is 4.79 Å². The third-order valence-electron chi connectivity index (χ3n) is 4.82. The fourth-order valence-electron chi connectivity index (χ4n) is 3.27. The maximum Gasteiger partial charge on any atom is 0.249 e. The Bertz CT molecular complexity index is 1120. The Morgan fingerprint density at radius 3 is 3.03 bits per heavy atom. The van der Waals surface area contributed by atoms with E-state index in [1.165, 1.54) is 6.92 Å². The van der Waals surface area contributed by atoms with Crippen molar-refractivity contribution in [1.29, 1.82) is 0 Å². The molecule has 1 amide bonds. The number of benzene rings is 1. The number of nitrogens with two attached hydrogens (primary N) is 1. The SMILES string of the molecule is [2H]c1c(OC([2H])([2H])[2H])c(OC([2H])([2H])[2H])c(C)c2c(N)nc(N(C)CCCNC(=O)C3CCCO3)nc12. The molecule has 1 atom stereocenters. The highest BCUT2D eigenvalue weighted by Crippen LogP contribution is 2.38. The predicted molar refractivity (Wildman–Crippen MR) is 112 cm³/mol. The van der Waals surface area contributed by atoms with Crippen LogP contribution in [0.25, 0.3) is 10.9 Å². The zero-order valence-corrected chi connectivity index (χ0v) is 16.4. The largest absolute Gasteiger partial charge is 0.493 e. The van der Waals surface area contributed by atoms with Gasteiger partial charge in [-0.2, -0.15) is 4.98 Å². The normalized spacial score (nSPS) is 20.5. The third kappa shape index (κ3) is 4.45. The van der Waals surface area contributed by atoms with E-state index in [1.54, 1.807) is 11.9 Å². The number of nitrogen functional groups attached to an aromatic ring is 1. The third-order valence-corrected chi connectivity index (χ3v) is 4.82. The molecule has 0 bridgehead atoms. The molecule has 2 heterocycles. The first kappa shape index (κ1) is 13.4. The molecule has 1 unspecified atom stereocenters. The molecule has 1 aliphatic heterocycles. The first-order valence-electron chi connectivity index (χ1n) is 12.8. The predicted octanol–water partition coefficient (Wildman–Crippen LogP) is 1.66. The van der Waals surface area contributed by atoms with Gasteiger partial charge in [0, 0.05) is 43.7 Å². The number of carbonyl (C=O) groups excluding carboxylic acids is 1. The van der Waals surface area contributed by atoms with Crippen molar-refractivity contribution in [1.82, 2.24) is 15.3 Å². The smallest absolute Gasteiger partial charge is 0.249 e. The van der Waals surface area contributed by atoms with Gasteiger partial charge in [-0.05, 0) is 26.2 Å². The second kappa shape index (κ2) is 9.13. The van der Waals surface area contributed by atoms with E-state index < -0.39 is 37.7 Å². The van der Waals surface area contributed by atoms with Gasteiger partial charge in [-0.1, -0.05) is 0 Å². The number of nitrogens with one attached hydrogen (secondary N) is 1. The van der Waals surface area contributed by atoms with Crippen LogP contribution in [0.2, 0.25) is 0 Å². The van der Waals surface area contributed by atoms with Gasteiger partial charge >= 0.3 is 0 Å². The number of rotatable bonds is 8. The average Bonchev–Trinajstić information content (AvgIpc) is 3.30. The summed E-state index contributed by atoms with van der Waals surface area (Å²) in [6.07, 6.45) is 1.72. The van der Waals surface area contributed by atoms with Gasteiger partial charge in [0.2, 0.25) is 11.9 Å². The van der Waals surface area contributed by atoms with E-state index in [1.807, 2.05) is 0 Å². The lowest BCUT2D eigenvalue weighted by Gasteiger charge is -2.20. The molecule has 0 saturated carbocycles. The average molecular weight is 411 g/mol. The van der Waals surface area contributed by atoms with E-state index in [2.05, 4.69) is 15.3 Å². The Morgan fingerprint density at radius 2 is 2.31 bits per heavy atom. The molecular weight excluding hydrogens is 374 g/mol. The first-order valence-corrected chi connectivity index (χ1v) is 9.27. The van der Waals surface area contributed by atoms with Crippen LogP contribution < -0.4 is 25.4 Å². The minimum absolute atomic E-state index is 0.0225. The molecule has 9 heteroatoms. The van der Waals surface area contributed by atoms with Gasteiger partial charge in [-0.15, -0.1) is 0 Å². The number of carbonyl (C=O) groups is 1. The Hall–Kier alpha value is -2.81. The topological polar surface area (TPSA) is 112 Å². The van der Waals surface area contributed by atoms with Crippen LogP contribution in [0.5, 0.6) is 11.5 Å². The summed E-state index contributed by atoms with van der Waals surface area (Å²) in [6, 6.07) is -0.501. The summed E-state index contributed by atoms with van der Waals surface area (Å²) in [4.78, 5) is 22.4. The van der Waals surface area contributed by atoms with Gasteiger partial charge in [0.25, 0.3) is 0 Å². The molecule has 1 saturated heterocycles. The first-order chi connectivity index (χ1) is 16.7. The van der Waals surface area contributed by atoms with E-state index in [0.29, 0.717) is 32.5 Å². The van der Waals surface area contributed by atoms with Crippen molar-refractivity contribution in [2.24, 2.45) is 0 Å². The Balaban J connectivity index is 1.88. The Kier molecular flexibility index (Phi) is 4.22. The van der Waals surface area contributed by atoms with E-state index in [-0.39, 0.29) is 34.1 Å². The molecule has 0 spiro atoms. The maximum atomic E-state index is 12.1. The highest BCUT2D eigenvalue weighted by molar-refractivity contribution is 5.95. The van der Waals surface area contributed by atoms with Gasteiger partial charge in [-0.3, -0.25) is 4.79 Å². The fraction of sp³-hybridized carbons (Fsp3) is 0.550. The van der Waals surface area contributed by atoms with Gasteiger partial charge in [0.1, 0.15) is 11.9 Å². The van der Waals surface area contributed by atoms with Crippen LogP contribution in [0, 0.1) is 6.92 Å². The van der Waals surface area contributed by atoms with Crippen LogP contribution in [0.1, 0.15) is 34.4 Å². The molecule has 0 radical (unpaired) electrons. The number of methoxy groups -OCH3 is 2. The van der Waals surface area contributed by atoms with Gasteiger partial charge < -0.3 is 30.2 Å². The van der Waals surface area contributed by atoms with Crippen molar-refractivity contribution in [3.05, 3.63) is 11.6 Å².